The van der Waals surface area contributed by atoms with Crippen LogP contribution in [0.2, 0.25) is 0 Å². The van der Waals surface area contributed by atoms with Gasteiger partial charge in [-0.05, 0) is 26.7 Å². The summed E-state index contributed by atoms with van der Waals surface area (Å²) in [5, 5.41) is 1.62. The SMILES string of the molecule is CCOC(=O)CC1(C(=O)OCC)N=C2N(CCCC2(C)C)O1. The number of amidine groups is 1. The van der Waals surface area contributed by atoms with E-state index in [4.69, 9.17) is 14.3 Å². The van der Waals surface area contributed by atoms with E-state index < -0.39 is 17.7 Å². The van der Waals surface area contributed by atoms with E-state index in [2.05, 4.69) is 4.99 Å². The molecule has 1 saturated heterocycles. The second-order valence-electron chi connectivity index (χ2n) is 6.10. The summed E-state index contributed by atoms with van der Waals surface area (Å²) in [6.45, 7) is 8.59. The maximum absolute atomic E-state index is 12.4. The van der Waals surface area contributed by atoms with Crippen molar-refractivity contribution < 1.29 is 23.9 Å². The minimum absolute atomic E-state index is 0.195. The van der Waals surface area contributed by atoms with Gasteiger partial charge in [0.15, 0.2) is 0 Å². The molecule has 2 heterocycles. The number of fused-ring (bicyclic) bond motifs is 1. The summed E-state index contributed by atoms with van der Waals surface area (Å²) in [4.78, 5) is 34.5. The first-order valence-electron chi connectivity index (χ1n) is 7.74. The van der Waals surface area contributed by atoms with Crippen LogP contribution in [0.5, 0.6) is 0 Å². The summed E-state index contributed by atoms with van der Waals surface area (Å²) in [6.07, 6.45) is 1.60. The molecule has 0 aromatic heterocycles. The lowest BCUT2D eigenvalue weighted by atomic mass is 9.83. The molecule has 124 valence electrons. The number of ether oxygens (including phenoxy) is 2. The number of rotatable bonds is 5. The lowest BCUT2D eigenvalue weighted by Crippen LogP contribution is -2.46. The predicted octanol–water partition coefficient (Wildman–Crippen LogP) is 1.66. The van der Waals surface area contributed by atoms with Crippen LogP contribution >= 0.6 is 0 Å². The molecule has 2 rings (SSSR count). The molecule has 7 nitrogen and oxygen atoms in total. The highest BCUT2D eigenvalue weighted by atomic mass is 16.7. The van der Waals surface area contributed by atoms with Gasteiger partial charge in [0.1, 0.15) is 12.3 Å². The maximum Gasteiger partial charge on any atom is 0.364 e. The third-order valence-electron chi connectivity index (χ3n) is 3.84. The van der Waals surface area contributed by atoms with Crippen LogP contribution in [0.1, 0.15) is 47.0 Å². The average Bonchev–Trinajstić information content (AvgIpc) is 2.80. The lowest BCUT2D eigenvalue weighted by molar-refractivity contribution is -0.216. The molecular weight excluding hydrogens is 288 g/mol. The van der Waals surface area contributed by atoms with Crippen LogP contribution in [0.15, 0.2) is 4.99 Å². The second kappa shape index (κ2) is 6.24. The third-order valence-corrected chi connectivity index (χ3v) is 3.84. The summed E-state index contributed by atoms with van der Waals surface area (Å²) >= 11 is 0. The van der Waals surface area contributed by atoms with E-state index in [-0.39, 0.29) is 25.0 Å². The summed E-state index contributed by atoms with van der Waals surface area (Å²) < 4.78 is 10.0. The van der Waals surface area contributed by atoms with E-state index >= 15 is 0 Å². The Kier molecular flexibility index (Phi) is 4.75. The van der Waals surface area contributed by atoms with E-state index in [9.17, 15) is 9.59 Å². The van der Waals surface area contributed by atoms with Crippen molar-refractivity contribution in [2.75, 3.05) is 19.8 Å². The topological polar surface area (TPSA) is 77.4 Å². The first kappa shape index (κ1) is 16.7. The van der Waals surface area contributed by atoms with Gasteiger partial charge >= 0.3 is 11.9 Å². The largest absolute Gasteiger partial charge is 0.466 e. The van der Waals surface area contributed by atoms with Crippen molar-refractivity contribution in [1.29, 1.82) is 0 Å². The molecule has 0 saturated carbocycles. The van der Waals surface area contributed by atoms with E-state index in [0.29, 0.717) is 12.4 Å². The monoisotopic (exact) mass is 312 g/mol. The Morgan fingerprint density at radius 3 is 2.55 bits per heavy atom. The highest BCUT2D eigenvalue weighted by Gasteiger charge is 2.54. The molecule has 0 bridgehead atoms. The number of hydroxylamine groups is 2. The second-order valence-corrected chi connectivity index (χ2v) is 6.10. The van der Waals surface area contributed by atoms with Gasteiger partial charge in [-0.3, -0.25) is 4.79 Å². The quantitative estimate of drug-likeness (QED) is 0.719. The van der Waals surface area contributed by atoms with Gasteiger partial charge in [-0.2, -0.15) is 0 Å². The van der Waals surface area contributed by atoms with Crippen LogP contribution in [0.25, 0.3) is 0 Å². The van der Waals surface area contributed by atoms with Crippen LogP contribution in [-0.4, -0.2) is 48.3 Å². The zero-order chi connectivity index (χ0) is 16.4. The zero-order valence-electron chi connectivity index (χ0n) is 13.7. The number of carbonyl (C=O) groups excluding carboxylic acids is 2. The molecule has 0 aromatic carbocycles. The number of piperidine rings is 1. The maximum atomic E-state index is 12.4. The van der Waals surface area contributed by atoms with E-state index in [1.807, 2.05) is 13.8 Å². The smallest absolute Gasteiger partial charge is 0.364 e. The Bertz CT molecular complexity index is 488. The summed E-state index contributed by atoms with van der Waals surface area (Å²) in [5.41, 5.74) is -1.86. The van der Waals surface area contributed by atoms with Gasteiger partial charge in [-0.15, -0.1) is 0 Å². The van der Waals surface area contributed by atoms with Crippen molar-refractivity contribution in [3.05, 3.63) is 0 Å². The summed E-state index contributed by atoms with van der Waals surface area (Å²) in [7, 11) is 0. The number of carbonyl (C=O) groups is 2. The fourth-order valence-electron chi connectivity index (χ4n) is 2.77. The van der Waals surface area contributed by atoms with E-state index in [1.54, 1.807) is 18.9 Å². The van der Waals surface area contributed by atoms with Crippen LogP contribution in [-0.2, 0) is 23.9 Å². The van der Waals surface area contributed by atoms with Crippen LogP contribution in [0.4, 0.5) is 0 Å². The van der Waals surface area contributed by atoms with Gasteiger partial charge in [-0.1, -0.05) is 13.8 Å². The Morgan fingerprint density at radius 2 is 1.95 bits per heavy atom. The lowest BCUT2D eigenvalue weighted by Gasteiger charge is -2.35. The molecule has 0 aromatic rings. The Hall–Kier alpha value is -1.63. The Morgan fingerprint density at radius 1 is 1.27 bits per heavy atom. The van der Waals surface area contributed by atoms with Gasteiger partial charge in [0.25, 0.3) is 5.72 Å². The molecule has 2 aliphatic rings. The van der Waals surface area contributed by atoms with Gasteiger partial charge in [0.2, 0.25) is 0 Å². The molecule has 1 atom stereocenters. The first-order valence-corrected chi connectivity index (χ1v) is 7.74. The van der Waals surface area contributed by atoms with Gasteiger partial charge in [0.05, 0.1) is 13.2 Å². The van der Waals surface area contributed by atoms with Crippen molar-refractivity contribution in [3.8, 4) is 0 Å². The van der Waals surface area contributed by atoms with Crippen LogP contribution in [0.3, 0.4) is 0 Å². The van der Waals surface area contributed by atoms with Gasteiger partial charge in [-0.25, -0.2) is 19.7 Å². The molecule has 0 amide bonds. The molecule has 0 N–H and O–H groups in total. The number of hydrogen-bond acceptors (Lipinski definition) is 7. The molecule has 0 aliphatic carbocycles. The molecule has 1 unspecified atom stereocenters. The first-order chi connectivity index (χ1) is 10.3. The third kappa shape index (κ3) is 3.09. The zero-order valence-corrected chi connectivity index (χ0v) is 13.7. The fourth-order valence-corrected chi connectivity index (χ4v) is 2.77. The molecule has 0 spiro atoms. The Labute approximate surface area is 130 Å². The molecule has 22 heavy (non-hydrogen) atoms. The molecule has 1 fully saturated rings. The number of nitrogens with zero attached hydrogens (tertiary/aromatic N) is 2. The van der Waals surface area contributed by atoms with Crippen LogP contribution < -0.4 is 0 Å². The normalized spacial score (nSPS) is 26.2. The van der Waals surface area contributed by atoms with E-state index in [0.717, 1.165) is 12.8 Å². The molecular formula is C15H24N2O5. The summed E-state index contributed by atoms with van der Waals surface area (Å²) in [5.74, 6) is -0.491. The van der Waals surface area contributed by atoms with Crippen LogP contribution in [0, 0.1) is 5.41 Å². The predicted molar refractivity (Wildman–Crippen MR) is 78.9 cm³/mol. The minimum atomic E-state index is -1.65. The van der Waals surface area contributed by atoms with Crippen molar-refractivity contribution >= 4 is 17.8 Å². The molecule has 0 radical (unpaired) electrons. The summed E-state index contributed by atoms with van der Waals surface area (Å²) in [6, 6.07) is 0. The highest BCUT2D eigenvalue weighted by molar-refractivity contribution is 5.95. The number of esters is 2. The molecule has 2 aliphatic heterocycles. The van der Waals surface area contributed by atoms with E-state index in [1.165, 1.54) is 0 Å². The van der Waals surface area contributed by atoms with Gasteiger partial charge < -0.3 is 9.47 Å². The average molecular weight is 312 g/mol. The fraction of sp³-hybridized carbons (Fsp3) is 0.800. The van der Waals surface area contributed by atoms with Crippen molar-refractivity contribution in [1.82, 2.24) is 5.06 Å². The molecule has 7 heteroatoms. The standard InChI is InChI=1S/C15H24N2O5/c1-5-20-11(18)10-15(13(19)21-6-2)16-12-14(3,4)8-7-9-17(12)22-15/h5-10H2,1-4H3. The Balaban J connectivity index is 2.32. The number of hydrogen-bond donors (Lipinski definition) is 0. The number of aliphatic imine (C=N–C) groups is 1. The van der Waals surface area contributed by atoms with Gasteiger partial charge in [0, 0.05) is 12.0 Å². The van der Waals surface area contributed by atoms with Crippen molar-refractivity contribution in [2.45, 2.75) is 52.7 Å². The minimum Gasteiger partial charge on any atom is -0.466 e. The highest BCUT2D eigenvalue weighted by Crippen LogP contribution is 2.40. The van der Waals surface area contributed by atoms with Crippen molar-refractivity contribution in [2.24, 2.45) is 10.4 Å². The van der Waals surface area contributed by atoms with Crippen molar-refractivity contribution in [3.63, 3.8) is 0 Å².